The van der Waals surface area contributed by atoms with Crippen LogP contribution in [0.15, 0.2) is 0 Å². The van der Waals surface area contributed by atoms with E-state index in [1.54, 1.807) is 0 Å². The summed E-state index contributed by atoms with van der Waals surface area (Å²) < 4.78 is 0. The lowest BCUT2D eigenvalue weighted by atomic mass is 10.1. The molecule has 0 spiro atoms. The summed E-state index contributed by atoms with van der Waals surface area (Å²) in [6.07, 6.45) is 1.27. The van der Waals surface area contributed by atoms with Crippen molar-refractivity contribution in [2.75, 3.05) is 7.05 Å². The molecule has 1 nitrogen and oxygen atoms in total. The van der Waals surface area contributed by atoms with E-state index in [-0.39, 0.29) is 0 Å². The van der Waals surface area contributed by atoms with Crippen LogP contribution in [0.3, 0.4) is 0 Å². The van der Waals surface area contributed by atoms with Crippen LogP contribution in [0.4, 0.5) is 0 Å². The Balaban J connectivity index is 3.10. The zero-order chi connectivity index (χ0) is 6.57. The van der Waals surface area contributed by atoms with E-state index in [0.717, 1.165) is 5.92 Å². The van der Waals surface area contributed by atoms with Crippen molar-refractivity contribution < 1.29 is 0 Å². The minimum Gasteiger partial charge on any atom is -0.317 e. The molecule has 0 bridgehead atoms. The predicted octanol–water partition coefficient (Wildman–Crippen LogP) is 1.64. The highest BCUT2D eigenvalue weighted by atomic mass is 14.8. The highest BCUT2D eigenvalue weighted by Gasteiger charge is 1.99. The molecule has 1 atom stereocenters. The van der Waals surface area contributed by atoms with Crippen LogP contribution in [0.2, 0.25) is 0 Å². The molecule has 0 aromatic heterocycles. The topological polar surface area (TPSA) is 12.0 Å². The van der Waals surface area contributed by atoms with E-state index in [0.29, 0.717) is 6.04 Å². The molecule has 1 heteroatoms. The van der Waals surface area contributed by atoms with Gasteiger partial charge in [-0.2, -0.15) is 0 Å². The van der Waals surface area contributed by atoms with E-state index in [2.05, 4.69) is 26.1 Å². The van der Waals surface area contributed by atoms with Crippen LogP contribution in [-0.4, -0.2) is 13.1 Å². The molecule has 0 radical (unpaired) electrons. The van der Waals surface area contributed by atoms with Crippen molar-refractivity contribution in [2.24, 2.45) is 5.92 Å². The molecule has 0 unspecified atom stereocenters. The van der Waals surface area contributed by atoms with Crippen LogP contribution in [0.1, 0.15) is 27.2 Å². The zero-order valence-electron chi connectivity index (χ0n) is 6.36. The van der Waals surface area contributed by atoms with Crippen LogP contribution in [0, 0.1) is 5.92 Å². The van der Waals surface area contributed by atoms with Gasteiger partial charge in [0, 0.05) is 6.04 Å². The Kier molecular flexibility index (Phi) is 3.88. The molecule has 0 aliphatic carbocycles. The maximum absolute atomic E-state index is 3.20. The van der Waals surface area contributed by atoms with E-state index in [4.69, 9.17) is 0 Å². The molecule has 0 aromatic rings. The summed E-state index contributed by atoms with van der Waals surface area (Å²) in [6.45, 7) is 6.70. The van der Waals surface area contributed by atoms with Crippen molar-refractivity contribution in [1.82, 2.24) is 5.32 Å². The van der Waals surface area contributed by atoms with Gasteiger partial charge in [-0.15, -0.1) is 0 Å². The predicted molar refractivity (Wildman–Crippen MR) is 38.0 cm³/mol. The molecule has 0 saturated heterocycles. The van der Waals surface area contributed by atoms with Crippen LogP contribution < -0.4 is 5.32 Å². The molecule has 0 rings (SSSR count). The van der Waals surface area contributed by atoms with Crippen molar-refractivity contribution in [3.63, 3.8) is 0 Å². The Bertz CT molecular complexity index is 50.3. The fraction of sp³-hybridized carbons (Fsp3) is 1.00. The lowest BCUT2D eigenvalue weighted by Crippen LogP contribution is -2.22. The van der Waals surface area contributed by atoms with Crippen molar-refractivity contribution in [3.8, 4) is 0 Å². The number of rotatable bonds is 3. The highest BCUT2D eigenvalue weighted by Crippen LogP contribution is 2.02. The first kappa shape index (κ1) is 7.96. The normalized spacial score (nSPS) is 14.6. The van der Waals surface area contributed by atoms with Crippen LogP contribution in [0.5, 0.6) is 0 Å². The average Bonchev–Trinajstić information content (AvgIpc) is 1.65. The summed E-state index contributed by atoms with van der Waals surface area (Å²) >= 11 is 0. The first-order chi connectivity index (χ1) is 3.66. The Morgan fingerprint density at radius 2 is 1.75 bits per heavy atom. The van der Waals surface area contributed by atoms with Crippen molar-refractivity contribution >= 4 is 0 Å². The Morgan fingerprint density at radius 1 is 1.25 bits per heavy atom. The van der Waals surface area contributed by atoms with Crippen molar-refractivity contribution in [1.29, 1.82) is 0 Å². The highest BCUT2D eigenvalue weighted by molar-refractivity contribution is 4.58. The van der Waals surface area contributed by atoms with Gasteiger partial charge in [0.2, 0.25) is 0 Å². The second-order valence-corrected chi connectivity index (χ2v) is 2.82. The minimum atomic E-state index is 0.676. The van der Waals surface area contributed by atoms with E-state index in [1.165, 1.54) is 6.42 Å². The van der Waals surface area contributed by atoms with Crippen LogP contribution >= 0.6 is 0 Å². The van der Waals surface area contributed by atoms with Gasteiger partial charge in [-0.05, 0) is 26.3 Å². The summed E-state index contributed by atoms with van der Waals surface area (Å²) in [5.41, 5.74) is 0. The van der Waals surface area contributed by atoms with Crippen LogP contribution in [-0.2, 0) is 0 Å². The fourth-order valence-corrected chi connectivity index (χ4v) is 0.825. The monoisotopic (exact) mass is 115 g/mol. The Morgan fingerprint density at radius 3 is 1.88 bits per heavy atom. The van der Waals surface area contributed by atoms with Crippen LogP contribution in [0.25, 0.3) is 0 Å². The van der Waals surface area contributed by atoms with Gasteiger partial charge in [0.05, 0.1) is 0 Å². The van der Waals surface area contributed by atoms with Gasteiger partial charge in [0.1, 0.15) is 0 Å². The summed E-state index contributed by atoms with van der Waals surface area (Å²) in [5, 5.41) is 3.20. The van der Waals surface area contributed by atoms with Gasteiger partial charge in [-0.3, -0.25) is 0 Å². The van der Waals surface area contributed by atoms with Gasteiger partial charge in [-0.25, -0.2) is 0 Å². The third-order valence-electron chi connectivity index (χ3n) is 1.32. The lowest BCUT2D eigenvalue weighted by Gasteiger charge is -2.11. The maximum atomic E-state index is 3.20. The summed E-state index contributed by atoms with van der Waals surface area (Å²) in [4.78, 5) is 0. The molecular formula is C7H17N. The van der Waals surface area contributed by atoms with E-state index in [1.807, 2.05) is 7.05 Å². The number of hydrogen-bond acceptors (Lipinski definition) is 1. The molecule has 0 heterocycles. The van der Waals surface area contributed by atoms with Crippen molar-refractivity contribution in [3.05, 3.63) is 0 Å². The average molecular weight is 115 g/mol. The zero-order valence-corrected chi connectivity index (χ0v) is 6.36. The SMILES string of the molecule is CN[C@H](C)CC(C)C. The molecule has 0 amide bonds. The summed E-state index contributed by atoms with van der Waals surface area (Å²) in [5.74, 6) is 0.817. The quantitative estimate of drug-likeness (QED) is 0.589. The summed E-state index contributed by atoms with van der Waals surface area (Å²) in [7, 11) is 2.01. The standard InChI is InChI=1S/C7H17N/c1-6(2)5-7(3)8-4/h6-8H,5H2,1-4H3/t7-/m1/s1. The van der Waals surface area contributed by atoms with Gasteiger partial charge < -0.3 is 5.32 Å². The number of nitrogens with one attached hydrogen (secondary N) is 1. The first-order valence-electron chi connectivity index (χ1n) is 3.34. The van der Waals surface area contributed by atoms with Gasteiger partial charge in [0.25, 0.3) is 0 Å². The third kappa shape index (κ3) is 4.13. The van der Waals surface area contributed by atoms with E-state index in [9.17, 15) is 0 Å². The molecule has 0 saturated carbocycles. The second-order valence-electron chi connectivity index (χ2n) is 2.82. The molecule has 50 valence electrons. The van der Waals surface area contributed by atoms with E-state index >= 15 is 0 Å². The summed E-state index contributed by atoms with van der Waals surface area (Å²) in [6, 6.07) is 0.676. The molecule has 0 fully saturated rings. The van der Waals surface area contributed by atoms with Crippen molar-refractivity contribution in [2.45, 2.75) is 33.2 Å². The molecule has 0 aromatic carbocycles. The minimum absolute atomic E-state index is 0.676. The largest absolute Gasteiger partial charge is 0.317 e. The van der Waals surface area contributed by atoms with E-state index < -0.39 is 0 Å². The molecule has 1 N–H and O–H groups in total. The van der Waals surface area contributed by atoms with Gasteiger partial charge >= 0.3 is 0 Å². The molecular weight excluding hydrogens is 98.1 g/mol. The molecule has 0 aliphatic heterocycles. The maximum Gasteiger partial charge on any atom is 0.00381 e. The first-order valence-corrected chi connectivity index (χ1v) is 3.34. The molecule has 0 aliphatic rings. The Hall–Kier alpha value is -0.0400. The molecule has 8 heavy (non-hydrogen) atoms. The number of hydrogen-bond donors (Lipinski definition) is 1. The van der Waals surface area contributed by atoms with Gasteiger partial charge in [0.15, 0.2) is 0 Å². The van der Waals surface area contributed by atoms with Gasteiger partial charge in [-0.1, -0.05) is 13.8 Å². The lowest BCUT2D eigenvalue weighted by molar-refractivity contribution is 0.469. The third-order valence-corrected chi connectivity index (χ3v) is 1.32. The Labute approximate surface area is 52.5 Å². The second kappa shape index (κ2) is 3.90. The fourth-order valence-electron chi connectivity index (χ4n) is 0.825. The smallest absolute Gasteiger partial charge is 0.00381 e.